The van der Waals surface area contributed by atoms with Crippen LogP contribution in [0.3, 0.4) is 0 Å². The SMILES string of the molecule is CCNS(=O)(=O)CCNC(C)c1ccc(CC(C)C)cc1. The molecule has 0 spiro atoms. The minimum atomic E-state index is -3.14. The lowest BCUT2D eigenvalue weighted by Crippen LogP contribution is -2.32. The molecule has 4 nitrogen and oxygen atoms in total. The molecule has 1 atom stereocenters. The van der Waals surface area contributed by atoms with Crippen molar-refractivity contribution in [1.82, 2.24) is 10.0 Å². The van der Waals surface area contributed by atoms with Crippen LogP contribution in [0.5, 0.6) is 0 Å². The summed E-state index contributed by atoms with van der Waals surface area (Å²) in [6, 6.07) is 8.70. The number of sulfonamides is 1. The largest absolute Gasteiger partial charge is 0.309 e. The average Bonchev–Trinajstić information content (AvgIpc) is 2.38. The van der Waals surface area contributed by atoms with Crippen LogP contribution in [-0.4, -0.2) is 27.3 Å². The van der Waals surface area contributed by atoms with Crippen LogP contribution >= 0.6 is 0 Å². The van der Waals surface area contributed by atoms with Gasteiger partial charge in [0.15, 0.2) is 0 Å². The predicted molar refractivity (Wildman–Crippen MR) is 88.9 cm³/mol. The van der Waals surface area contributed by atoms with Crippen LogP contribution in [0.15, 0.2) is 24.3 Å². The summed E-state index contributed by atoms with van der Waals surface area (Å²) in [5.41, 5.74) is 2.53. The zero-order chi connectivity index (χ0) is 15.9. The first-order chi connectivity index (χ1) is 9.84. The average molecular weight is 312 g/mol. The second kappa shape index (κ2) is 8.51. The highest BCUT2D eigenvalue weighted by atomic mass is 32.2. The van der Waals surface area contributed by atoms with Crippen LogP contribution < -0.4 is 10.0 Å². The van der Waals surface area contributed by atoms with Gasteiger partial charge >= 0.3 is 0 Å². The van der Waals surface area contributed by atoms with Crippen LogP contribution in [0, 0.1) is 5.92 Å². The third kappa shape index (κ3) is 7.07. The minimum Gasteiger partial charge on any atom is -0.309 e. The van der Waals surface area contributed by atoms with Crippen LogP contribution in [0.25, 0.3) is 0 Å². The number of benzene rings is 1. The molecule has 0 amide bonds. The molecule has 21 heavy (non-hydrogen) atoms. The Balaban J connectivity index is 2.47. The van der Waals surface area contributed by atoms with Crippen molar-refractivity contribution in [2.75, 3.05) is 18.8 Å². The maximum Gasteiger partial charge on any atom is 0.212 e. The number of nitrogens with one attached hydrogen (secondary N) is 2. The van der Waals surface area contributed by atoms with E-state index in [0.29, 0.717) is 19.0 Å². The van der Waals surface area contributed by atoms with E-state index < -0.39 is 10.0 Å². The van der Waals surface area contributed by atoms with E-state index in [4.69, 9.17) is 0 Å². The molecular weight excluding hydrogens is 284 g/mol. The third-order valence-corrected chi connectivity index (χ3v) is 4.78. The molecule has 0 radical (unpaired) electrons. The van der Waals surface area contributed by atoms with E-state index in [0.717, 1.165) is 6.42 Å². The van der Waals surface area contributed by atoms with Crippen molar-refractivity contribution in [2.24, 2.45) is 5.92 Å². The second-order valence-corrected chi connectivity index (χ2v) is 7.76. The van der Waals surface area contributed by atoms with Gasteiger partial charge in [0, 0.05) is 19.1 Å². The van der Waals surface area contributed by atoms with Gasteiger partial charge in [0.05, 0.1) is 5.75 Å². The highest BCUT2D eigenvalue weighted by molar-refractivity contribution is 7.89. The molecular formula is C16H28N2O2S. The van der Waals surface area contributed by atoms with E-state index in [9.17, 15) is 8.42 Å². The van der Waals surface area contributed by atoms with Gasteiger partial charge in [-0.15, -0.1) is 0 Å². The molecule has 120 valence electrons. The van der Waals surface area contributed by atoms with Crippen molar-refractivity contribution < 1.29 is 8.42 Å². The Kier molecular flexibility index (Phi) is 7.35. The van der Waals surface area contributed by atoms with Gasteiger partial charge in [-0.1, -0.05) is 45.0 Å². The fourth-order valence-electron chi connectivity index (χ4n) is 2.23. The van der Waals surface area contributed by atoms with Crippen LogP contribution in [-0.2, 0) is 16.4 Å². The second-order valence-electron chi connectivity index (χ2n) is 5.83. The Labute approximate surface area is 129 Å². The van der Waals surface area contributed by atoms with Gasteiger partial charge in [-0.2, -0.15) is 0 Å². The van der Waals surface area contributed by atoms with E-state index in [-0.39, 0.29) is 11.8 Å². The van der Waals surface area contributed by atoms with Crippen LogP contribution in [0.2, 0.25) is 0 Å². The molecule has 2 N–H and O–H groups in total. The summed E-state index contributed by atoms with van der Waals surface area (Å²) < 4.78 is 25.6. The van der Waals surface area contributed by atoms with Gasteiger partial charge in [0.1, 0.15) is 0 Å². The van der Waals surface area contributed by atoms with Gasteiger partial charge in [0.2, 0.25) is 10.0 Å². The highest BCUT2D eigenvalue weighted by Gasteiger charge is 2.10. The molecule has 0 heterocycles. The lowest BCUT2D eigenvalue weighted by molar-refractivity contribution is 0.564. The summed E-state index contributed by atoms with van der Waals surface area (Å²) in [4.78, 5) is 0. The van der Waals surface area contributed by atoms with Crippen molar-refractivity contribution >= 4 is 10.0 Å². The Hall–Kier alpha value is -0.910. The standard InChI is InChI=1S/C16H28N2O2S/c1-5-18-21(19,20)11-10-17-14(4)16-8-6-15(7-9-16)12-13(2)3/h6-9,13-14,17-18H,5,10-12H2,1-4H3. The summed E-state index contributed by atoms with van der Waals surface area (Å²) in [5.74, 6) is 0.763. The van der Waals surface area contributed by atoms with Gasteiger partial charge in [-0.25, -0.2) is 13.1 Å². The van der Waals surface area contributed by atoms with E-state index in [1.807, 2.05) is 0 Å². The first-order valence-corrected chi connectivity index (χ1v) is 9.29. The van der Waals surface area contributed by atoms with Gasteiger partial charge in [-0.3, -0.25) is 0 Å². The number of hydrogen-bond acceptors (Lipinski definition) is 3. The van der Waals surface area contributed by atoms with Gasteiger partial charge < -0.3 is 5.32 Å². The molecule has 0 saturated heterocycles. The van der Waals surface area contributed by atoms with Gasteiger partial charge in [0.25, 0.3) is 0 Å². The zero-order valence-corrected chi connectivity index (χ0v) is 14.3. The Morgan fingerprint density at radius 2 is 1.71 bits per heavy atom. The molecule has 1 aromatic rings. The molecule has 0 aliphatic carbocycles. The normalized spacial score (nSPS) is 13.6. The predicted octanol–water partition coefficient (Wildman–Crippen LogP) is 2.47. The molecule has 0 fully saturated rings. The Morgan fingerprint density at radius 3 is 2.24 bits per heavy atom. The molecule has 0 aromatic heterocycles. The molecule has 5 heteroatoms. The fraction of sp³-hybridized carbons (Fsp3) is 0.625. The smallest absolute Gasteiger partial charge is 0.212 e. The summed E-state index contributed by atoms with van der Waals surface area (Å²) >= 11 is 0. The summed E-state index contributed by atoms with van der Waals surface area (Å²) in [7, 11) is -3.14. The molecule has 1 rings (SSSR count). The number of rotatable bonds is 9. The van der Waals surface area contributed by atoms with Crippen molar-refractivity contribution in [3.8, 4) is 0 Å². The lowest BCUT2D eigenvalue weighted by Gasteiger charge is -2.15. The monoisotopic (exact) mass is 312 g/mol. The number of hydrogen-bond donors (Lipinski definition) is 2. The van der Waals surface area contributed by atoms with E-state index in [1.54, 1.807) is 6.92 Å². The molecule has 0 bridgehead atoms. The quantitative estimate of drug-likeness (QED) is 0.736. The molecule has 0 aliphatic heterocycles. The maximum absolute atomic E-state index is 11.5. The summed E-state index contributed by atoms with van der Waals surface area (Å²) in [6.45, 7) is 9.15. The molecule has 1 unspecified atom stereocenters. The van der Waals surface area contributed by atoms with Crippen LogP contribution in [0.1, 0.15) is 44.9 Å². The van der Waals surface area contributed by atoms with Gasteiger partial charge in [-0.05, 0) is 30.4 Å². The molecule has 0 aliphatic rings. The van der Waals surface area contributed by atoms with E-state index >= 15 is 0 Å². The van der Waals surface area contributed by atoms with Crippen molar-refractivity contribution in [3.63, 3.8) is 0 Å². The first-order valence-electron chi connectivity index (χ1n) is 7.63. The lowest BCUT2D eigenvalue weighted by atomic mass is 10.00. The first kappa shape index (κ1) is 18.1. The molecule has 0 saturated carbocycles. The fourth-order valence-corrected chi connectivity index (χ4v) is 3.20. The zero-order valence-electron chi connectivity index (χ0n) is 13.5. The minimum absolute atomic E-state index is 0.108. The Morgan fingerprint density at radius 1 is 1.10 bits per heavy atom. The Bertz CT molecular complexity index is 510. The van der Waals surface area contributed by atoms with E-state index in [1.165, 1.54) is 11.1 Å². The summed E-state index contributed by atoms with van der Waals surface area (Å²) in [6.07, 6.45) is 1.09. The van der Waals surface area contributed by atoms with Crippen molar-refractivity contribution in [3.05, 3.63) is 35.4 Å². The van der Waals surface area contributed by atoms with Crippen molar-refractivity contribution in [1.29, 1.82) is 0 Å². The van der Waals surface area contributed by atoms with E-state index in [2.05, 4.69) is 55.1 Å². The maximum atomic E-state index is 11.5. The third-order valence-electron chi connectivity index (χ3n) is 3.31. The van der Waals surface area contributed by atoms with Crippen molar-refractivity contribution in [2.45, 2.75) is 40.2 Å². The van der Waals surface area contributed by atoms with Crippen LogP contribution in [0.4, 0.5) is 0 Å². The topological polar surface area (TPSA) is 58.2 Å². The highest BCUT2D eigenvalue weighted by Crippen LogP contribution is 2.15. The summed E-state index contributed by atoms with van der Waals surface area (Å²) in [5, 5.41) is 3.25. The molecule has 1 aromatic carbocycles.